The summed E-state index contributed by atoms with van der Waals surface area (Å²) < 4.78 is 12.5. The van der Waals surface area contributed by atoms with Crippen LogP contribution in [0.2, 0.25) is 0 Å². The van der Waals surface area contributed by atoms with E-state index in [2.05, 4.69) is 193 Å². The van der Waals surface area contributed by atoms with Crippen LogP contribution in [0.1, 0.15) is 0 Å². The molecule has 12 rings (SSSR count). The zero-order valence-corrected chi connectivity index (χ0v) is 32.0. The Balaban J connectivity index is 1.01. The number of rotatable bonds is 6. The Morgan fingerprint density at radius 2 is 0.831 bits per heavy atom. The first-order valence-electron chi connectivity index (χ1n) is 20.1. The highest BCUT2D eigenvalue weighted by Gasteiger charge is 2.19. The van der Waals surface area contributed by atoms with E-state index >= 15 is 0 Å². The van der Waals surface area contributed by atoms with Crippen molar-refractivity contribution in [3.63, 3.8) is 0 Å². The molecule has 0 atom stereocenters. The van der Waals surface area contributed by atoms with Crippen molar-refractivity contribution >= 4 is 82.5 Å². The molecule has 3 nitrogen and oxygen atoms in total. The first kappa shape index (κ1) is 33.3. The summed E-state index contributed by atoms with van der Waals surface area (Å²) >= 11 is 0. The second kappa shape index (κ2) is 13.4. The van der Waals surface area contributed by atoms with Crippen LogP contribution in [-0.4, -0.2) is 0 Å². The first-order valence-corrected chi connectivity index (χ1v) is 20.1. The molecule has 0 aliphatic heterocycles. The van der Waals surface area contributed by atoms with Gasteiger partial charge in [-0.05, 0) is 116 Å². The molecule has 2 aromatic heterocycles. The quantitative estimate of drug-likeness (QED) is 0.169. The van der Waals surface area contributed by atoms with Crippen molar-refractivity contribution in [3.05, 3.63) is 212 Å². The molecule has 0 spiro atoms. The predicted octanol–water partition coefficient (Wildman–Crippen LogP) is 16.3. The van der Waals surface area contributed by atoms with Gasteiger partial charge in [0.2, 0.25) is 0 Å². The minimum Gasteiger partial charge on any atom is -0.456 e. The van der Waals surface area contributed by atoms with Crippen molar-refractivity contribution in [1.82, 2.24) is 0 Å². The highest BCUT2D eigenvalue weighted by atomic mass is 16.3. The van der Waals surface area contributed by atoms with Crippen molar-refractivity contribution in [2.75, 3.05) is 4.90 Å². The molecular weight excluding hydrogens is 719 g/mol. The number of anilines is 3. The molecule has 0 saturated carbocycles. The van der Waals surface area contributed by atoms with Gasteiger partial charge in [-0.15, -0.1) is 0 Å². The maximum atomic E-state index is 6.33. The Bertz CT molecular complexity index is 3540. The van der Waals surface area contributed by atoms with Crippen LogP contribution in [0.5, 0.6) is 0 Å². The number of hydrogen-bond donors (Lipinski definition) is 0. The van der Waals surface area contributed by atoms with Crippen molar-refractivity contribution in [2.24, 2.45) is 0 Å². The number of furan rings is 2. The van der Waals surface area contributed by atoms with E-state index in [0.717, 1.165) is 82.8 Å². The molecule has 12 aromatic rings. The van der Waals surface area contributed by atoms with Gasteiger partial charge in [-0.2, -0.15) is 0 Å². The minimum absolute atomic E-state index is 0.892. The van der Waals surface area contributed by atoms with Crippen molar-refractivity contribution < 1.29 is 8.83 Å². The molecule has 0 fully saturated rings. The number of hydrogen-bond acceptors (Lipinski definition) is 3. The molecule has 0 saturated heterocycles. The van der Waals surface area contributed by atoms with E-state index in [1.165, 1.54) is 33.0 Å². The highest BCUT2D eigenvalue weighted by Crippen LogP contribution is 2.44. The lowest BCUT2D eigenvalue weighted by Crippen LogP contribution is -2.10. The predicted molar refractivity (Wildman–Crippen MR) is 247 cm³/mol. The Labute approximate surface area is 340 Å². The van der Waals surface area contributed by atoms with Gasteiger partial charge in [0.05, 0.1) is 5.69 Å². The van der Waals surface area contributed by atoms with Gasteiger partial charge >= 0.3 is 0 Å². The van der Waals surface area contributed by atoms with Gasteiger partial charge in [-0.25, -0.2) is 0 Å². The van der Waals surface area contributed by atoms with Crippen LogP contribution >= 0.6 is 0 Å². The van der Waals surface area contributed by atoms with Gasteiger partial charge in [0.25, 0.3) is 0 Å². The van der Waals surface area contributed by atoms with E-state index in [1.807, 2.05) is 24.3 Å². The van der Waals surface area contributed by atoms with E-state index < -0.39 is 0 Å². The van der Waals surface area contributed by atoms with Crippen LogP contribution < -0.4 is 4.90 Å². The van der Waals surface area contributed by atoms with Gasteiger partial charge in [0.15, 0.2) is 0 Å². The third-order valence-electron chi connectivity index (χ3n) is 11.9. The van der Waals surface area contributed by atoms with E-state index in [0.29, 0.717) is 0 Å². The van der Waals surface area contributed by atoms with Crippen LogP contribution in [0.15, 0.2) is 221 Å². The molecular formula is C56H35NO2. The monoisotopic (exact) mass is 753 g/mol. The largest absolute Gasteiger partial charge is 0.456 e. The second-order valence-electron chi connectivity index (χ2n) is 15.2. The third-order valence-corrected chi connectivity index (χ3v) is 11.9. The maximum absolute atomic E-state index is 6.33. The van der Waals surface area contributed by atoms with E-state index in [9.17, 15) is 0 Å². The summed E-state index contributed by atoms with van der Waals surface area (Å²) in [6, 6.07) is 75.9. The lowest BCUT2D eigenvalue weighted by molar-refractivity contribution is 0.668. The molecule has 0 unspecified atom stereocenters. The van der Waals surface area contributed by atoms with Crippen molar-refractivity contribution in [2.45, 2.75) is 0 Å². The summed E-state index contributed by atoms with van der Waals surface area (Å²) in [6.07, 6.45) is 0. The summed E-state index contributed by atoms with van der Waals surface area (Å²) in [4.78, 5) is 2.38. The zero-order valence-electron chi connectivity index (χ0n) is 32.0. The van der Waals surface area contributed by atoms with Crippen LogP contribution in [0.3, 0.4) is 0 Å². The van der Waals surface area contributed by atoms with Crippen LogP contribution in [0.4, 0.5) is 17.1 Å². The Kier molecular flexibility index (Phi) is 7.54. The third kappa shape index (κ3) is 5.44. The molecule has 0 aliphatic rings. The van der Waals surface area contributed by atoms with Crippen LogP contribution in [0, 0.1) is 0 Å². The number of para-hydroxylation sites is 2. The zero-order chi connectivity index (χ0) is 38.9. The molecule has 0 N–H and O–H groups in total. The smallest absolute Gasteiger partial charge is 0.136 e. The van der Waals surface area contributed by atoms with Gasteiger partial charge < -0.3 is 13.7 Å². The molecule has 0 radical (unpaired) electrons. The molecule has 0 aliphatic carbocycles. The lowest BCUT2D eigenvalue weighted by atomic mass is 9.91. The highest BCUT2D eigenvalue weighted by molar-refractivity contribution is 6.21. The van der Waals surface area contributed by atoms with Gasteiger partial charge in [-0.3, -0.25) is 0 Å². The standard InChI is InChI=1S/C56H35NO2/c1-2-11-37(12-3-1)43-17-8-13-39-14-9-18-44(55(39)43)38-25-30-42(31-26-38)57(50-20-10-19-47-45(50)32-34-54-56(47)48-16-5-7-22-52(48)59-54)41-28-23-36(24-29-41)40-27-33-53-49(35-40)46-15-4-6-21-51(46)58-53/h1-35H. The van der Waals surface area contributed by atoms with Crippen molar-refractivity contribution in [1.29, 1.82) is 0 Å². The SMILES string of the molecule is c1ccc(-c2cccc3cccc(-c4ccc(N(c5ccc(-c6ccc7oc8ccccc8c7c6)cc5)c5cccc6c5ccc5oc7ccccc7c56)cc4)c23)cc1. The topological polar surface area (TPSA) is 29.5 Å². The lowest BCUT2D eigenvalue weighted by Gasteiger charge is -2.27. The first-order chi connectivity index (χ1) is 29.2. The molecule has 276 valence electrons. The average molecular weight is 754 g/mol. The second-order valence-corrected chi connectivity index (χ2v) is 15.2. The van der Waals surface area contributed by atoms with Crippen LogP contribution in [0.25, 0.3) is 98.8 Å². The van der Waals surface area contributed by atoms with Gasteiger partial charge in [0, 0.05) is 38.3 Å². The minimum atomic E-state index is 0.892. The summed E-state index contributed by atoms with van der Waals surface area (Å²) in [5.74, 6) is 0. The summed E-state index contributed by atoms with van der Waals surface area (Å²) in [5.41, 5.74) is 14.0. The fourth-order valence-electron chi connectivity index (χ4n) is 9.13. The molecule has 2 heterocycles. The molecule has 0 bridgehead atoms. The Hall–Kier alpha value is -7.88. The van der Waals surface area contributed by atoms with Crippen LogP contribution in [-0.2, 0) is 0 Å². The number of benzene rings is 10. The van der Waals surface area contributed by atoms with Crippen molar-refractivity contribution in [3.8, 4) is 33.4 Å². The van der Waals surface area contributed by atoms with E-state index in [4.69, 9.17) is 8.83 Å². The number of nitrogens with zero attached hydrogens (tertiary/aromatic N) is 1. The maximum Gasteiger partial charge on any atom is 0.136 e. The summed E-state index contributed by atoms with van der Waals surface area (Å²) in [6.45, 7) is 0. The summed E-state index contributed by atoms with van der Waals surface area (Å²) in [7, 11) is 0. The van der Waals surface area contributed by atoms with E-state index in [1.54, 1.807) is 0 Å². The Morgan fingerprint density at radius 1 is 0.288 bits per heavy atom. The van der Waals surface area contributed by atoms with E-state index in [-0.39, 0.29) is 0 Å². The molecule has 3 heteroatoms. The average Bonchev–Trinajstić information content (AvgIpc) is 3.88. The van der Waals surface area contributed by atoms with Gasteiger partial charge in [0.1, 0.15) is 22.3 Å². The molecule has 0 amide bonds. The summed E-state index contributed by atoms with van der Waals surface area (Å²) in [5, 5.41) is 9.31. The fourth-order valence-corrected chi connectivity index (χ4v) is 9.13. The molecule has 10 aromatic carbocycles. The van der Waals surface area contributed by atoms with Gasteiger partial charge in [-0.1, -0.05) is 146 Å². The number of fused-ring (bicyclic) bond motifs is 9. The fraction of sp³-hybridized carbons (Fsp3) is 0. The Morgan fingerprint density at radius 3 is 1.58 bits per heavy atom. The molecule has 59 heavy (non-hydrogen) atoms. The normalized spacial score (nSPS) is 11.7.